The smallest absolute Gasteiger partial charge is 0.262 e. The van der Waals surface area contributed by atoms with E-state index in [1.807, 2.05) is 18.2 Å². The van der Waals surface area contributed by atoms with Gasteiger partial charge in [-0.25, -0.2) is 5.53 Å². The highest BCUT2D eigenvalue weighted by Gasteiger charge is 2.44. The second kappa shape index (κ2) is 16.1. The minimum Gasteiger partial charge on any atom is -0.496 e. The SMILES string of the molecule is COc1cc(-c2cn(C)c(=O)c3cnccc23)cc(OC)c1CN1CC(OC/C(=C/NCCOc2ccc3c(c2)C(=O)N(C2CCC(=O)NC2=O)C3=O)N=N)C1. The molecule has 3 N–H and O–H groups in total. The van der Waals surface area contributed by atoms with Crippen LogP contribution in [0.3, 0.4) is 0 Å². The van der Waals surface area contributed by atoms with Crippen molar-refractivity contribution in [2.75, 3.05) is 47.1 Å². The first-order valence-corrected chi connectivity index (χ1v) is 17.9. The van der Waals surface area contributed by atoms with E-state index in [1.54, 1.807) is 56.7 Å². The normalized spacial score (nSPS) is 17.4. The fourth-order valence-corrected chi connectivity index (χ4v) is 7.08. The lowest BCUT2D eigenvalue weighted by Crippen LogP contribution is -2.54. The molecule has 56 heavy (non-hydrogen) atoms. The molecule has 17 heteroatoms. The summed E-state index contributed by atoms with van der Waals surface area (Å²) in [5.74, 6) is -0.615. The number of carbonyl (C=O) groups is 4. The van der Waals surface area contributed by atoms with Crippen molar-refractivity contribution in [1.29, 1.82) is 5.53 Å². The van der Waals surface area contributed by atoms with Gasteiger partial charge in [0, 0.05) is 70.0 Å². The molecule has 3 aliphatic heterocycles. The van der Waals surface area contributed by atoms with Crippen LogP contribution in [0.15, 0.2) is 76.8 Å². The van der Waals surface area contributed by atoms with E-state index in [4.69, 9.17) is 24.5 Å². The fourth-order valence-electron chi connectivity index (χ4n) is 7.08. The van der Waals surface area contributed by atoms with Crippen molar-refractivity contribution in [2.45, 2.75) is 31.5 Å². The number of fused-ring (bicyclic) bond motifs is 2. The van der Waals surface area contributed by atoms with Crippen LogP contribution in [-0.2, 0) is 27.9 Å². The van der Waals surface area contributed by atoms with Gasteiger partial charge in [-0.05, 0) is 53.8 Å². The van der Waals surface area contributed by atoms with Crippen LogP contribution < -0.4 is 30.4 Å². The quantitative estimate of drug-likeness (QED) is 0.0908. The number of methoxy groups -OCH3 is 2. The Morgan fingerprint density at radius 1 is 1.00 bits per heavy atom. The van der Waals surface area contributed by atoms with Gasteiger partial charge in [-0.15, -0.1) is 0 Å². The first-order chi connectivity index (χ1) is 27.1. The molecular formula is C39H40N8O9. The number of carbonyl (C=O) groups excluding carboxylic acids is 4. The molecule has 2 aromatic carbocycles. The summed E-state index contributed by atoms with van der Waals surface area (Å²) >= 11 is 0. The first kappa shape index (κ1) is 37.8. The molecule has 2 fully saturated rings. The van der Waals surface area contributed by atoms with E-state index < -0.39 is 29.7 Å². The zero-order chi connectivity index (χ0) is 39.5. The summed E-state index contributed by atoms with van der Waals surface area (Å²) in [6.07, 6.45) is 6.68. The number of nitrogens with zero attached hydrogens (tertiary/aromatic N) is 5. The zero-order valence-corrected chi connectivity index (χ0v) is 31.0. The average molecular weight is 765 g/mol. The maximum atomic E-state index is 13.1. The number of nitrogens with one attached hydrogen (secondary N) is 3. The van der Waals surface area contributed by atoms with Gasteiger partial charge in [0.05, 0.1) is 49.0 Å². The third-order valence-electron chi connectivity index (χ3n) is 10.0. The van der Waals surface area contributed by atoms with E-state index in [9.17, 15) is 24.0 Å². The molecule has 2 saturated heterocycles. The van der Waals surface area contributed by atoms with Gasteiger partial charge in [0.2, 0.25) is 11.8 Å². The van der Waals surface area contributed by atoms with E-state index in [0.717, 1.165) is 27.0 Å². The highest BCUT2D eigenvalue weighted by atomic mass is 16.5. The summed E-state index contributed by atoms with van der Waals surface area (Å²) in [6.45, 7) is 2.54. The van der Waals surface area contributed by atoms with Crippen molar-refractivity contribution in [3.8, 4) is 28.4 Å². The predicted molar refractivity (Wildman–Crippen MR) is 200 cm³/mol. The van der Waals surface area contributed by atoms with Crippen molar-refractivity contribution in [2.24, 2.45) is 12.2 Å². The van der Waals surface area contributed by atoms with Crippen LogP contribution in [0.25, 0.3) is 21.9 Å². The van der Waals surface area contributed by atoms with E-state index in [-0.39, 0.29) is 48.8 Å². The molecular weight excluding hydrogens is 724 g/mol. The molecule has 1 atom stereocenters. The Morgan fingerprint density at radius 3 is 2.46 bits per heavy atom. The summed E-state index contributed by atoms with van der Waals surface area (Å²) < 4.78 is 25.0. The van der Waals surface area contributed by atoms with E-state index in [1.165, 1.54) is 12.1 Å². The number of rotatable bonds is 15. The van der Waals surface area contributed by atoms with Crippen molar-refractivity contribution in [1.82, 2.24) is 30.0 Å². The lowest BCUT2D eigenvalue weighted by Gasteiger charge is -2.39. The molecule has 5 heterocycles. The highest BCUT2D eigenvalue weighted by Crippen LogP contribution is 2.38. The van der Waals surface area contributed by atoms with Gasteiger partial charge in [-0.1, -0.05) is 0 Å². The zero-order valence-electron chi connectivity index (χ0n) is 31.0. The third kappa shape index (κ3) is 7.45. The summed E-state index contributed by atoms with van der Waals surface area (Å²) in [5, 5.41) is 10.1. The van der Waals surface area contributed by atoms with Gasteiger partial charge in [0.25, 0.3) is 17.4 Å². The van der Waals surface area contributed by atoms with Gasteiger partial charge < -0.3 is 28.8 Å². The molecule has 290 valence electrons. The van der Waals surface area contributed by atoms with Gasteiger partial charge in [0.15, 0.2) is 0 Å². The number of benzene rings is 2. The number of pyridine rings is 2. The number of piperidine rings is 1. The van der Waals surface area contributed by atoms with Crippen LogP contribution >= 0.6 is 0 Å². The summed E-state index contributed by atoms with van der Waals surface area (Å²) in [7, 11) is 4.94. The summed E-state index contributed by atoms with van der Waals surface area (Å²) in [6, 6.07) is 9.21. The standard InChI is InChI=1S/C39H40N8O9/c1-45-19-30(26-8-9-41-16-29(26)37(45)50)22-12-33(53-2)31(34(13-22)54-3)20-46-17-25(18-46)56-21-23(44-40)15-42-10-11-55-24-4-5-27-28(14-24)39(52)47(38(27)51)32-6-7-35(48)43-36(32)49/h4-5,8-9,12-16,19,25,32,40,42H,6-7,10-11,17-18,20-21H2,1-3H3,(H,43,48,49)/b23-15-,44-40?. The molecule has 4 aromatic rings. The molecule has 1 unspecified atom stereocenters. The number of hydrogen-bond acceptors (Lipinski definition) is 14. The van der Waals surface area contributed by atoms with Crippen molar-refractivity contribution in [3.05, 3.63) is 93.9 Å². The maximum absolute atomic E-state index is 13.1. The largest absolute Gasteiger partial charge is 0.496 e. The lowest BCUT2D eigenvalue weighted by atomic mass is 9.98. The molecule has 0 spiro atoms. The highest BCUT2D eigenvalue weighted by molar-refractivity contribution is 6.23. The molecule has 7 rings (SSSR count). The van der Waals surface area contributed by atoms with E-state index in [0.29, 0.717) is 54.5 Å². The number of ether oxygens (including phenoxy) is 4. The van der Waals surface area contributed by atoms with Crippen molar-refractivity contribution < 1.29 is 38.1 Å². The number of aromatic nitrogens is 2. The molecule has 3 aliphatic rings. The molecule has 17 nitrogen and oxygen atoms in total. The Balaban J connectivity index is 0.882. The number of hydrogen-bond donors (Lipinski definition) is 3. The molecule has 0 radical (unpaired) electrons. The second-order valence-corrected chi connectivity index (χ2v) is 13.6. The maximum Gasteiger partial charge on any atom is 0.262 e. The molecule has 0 saturated carbocycles. The average Bonchev–Trinajstić information content (AvgIpc) is 3.43. The third-order valence-corrected chi connectivity index (χ3v) is 10.0. The van der Waals surface area contributed by atoms with Crippen LogP contribution in [-0.4, -0.2) is 102 Å². The Kier molecular flexibility index (Phi) is 10.9. The fraction of sp³-hybridized carbons (Fsp3) is 0.333. The van der Waals surface area contributed by atoms with Crippen LogP contribution in [0.5, 0.6) is 17.2 Å². The van der Waals surface area contributed by atoms with Crippen molar-refractivity contribution in [3.63, 3.8) is 0 Å². The minimum atomic E-state index is -1.04. The van der Waals surface area contributed by atoms with Gasteiger partial charge in [-0.3, -0.25) is 44.1 Å². The van der Waals surface area contributed by atoms with Crippen LogP contribution in [0.1, 0.15) is 39.1 Å². The minimum absolute atomic E-state index is 0.0437. The first-order valence-electron chi connectivity index (χ1n) is 17.9. The Bertz CT molecular complexity index is 2310. The number of imide groups is 2. The molecule has 4 amide bonds. The van der Waals surface area contributed by atoms with Crippen LogP contribution in [0.2, 0.25) is 0 Å². The van der Waals surface area contributed by atoms with E-state index >= 15 is 0 Å². The van der Waals surface area contributed by atoms with Crippen molar-refractivity contribution >= 4 is 34.4 Å². The number of likely N-dealkylation sites (tertiary alicyclic amines) is 1. The summed E-state index contributed by atoms with van der Waals surface area (Å²) in [5.41, 5.74) is 10.7. The predicted octanol–water partition coefficient (Wildman–Crippen LogP) is 2.76. The van der Waals surface area contributed by atoms with Crippen LogP contribution in [0, 0.1) is 5.53 Å². The van der Waals surface area contributed by atoms with E-state index in [2.05, 4.69) is 25.6 Å². The monoisotopic (exact) mass is 764 g/mol. The Morgan fingerprint density at radius 2 is 1.75 bits per heavy atom. The molecule has 2 aromatic heterocycles. The van der Waals surface area contributed by atoms with Gasteiger partial charge in [-0.2, -0.15) is 5.11 Å². The second-order valence-electron chi connectivity index (χ2n) is 13.6. The topological polar surface area (TPSA) is 207 Å². The molecule has 0 aliphatic carbocycles. The number of amides is 4. The Labute approximate surface area is 320 Å². The Hall–Kier alpha value is -6.46. The van der Waals surface area contributed by atoms with Gasteiger partial charge in [0.1, 0.15) is 35.6 Å². The lowest BCUT2D eigenvalue weighted by molar-refractivity contribution is -0.136. The van der Waals surface area contributed by atoms with Crippen LogP contribution in [0.4, 0.5) is 0 Å². The van der Waals surface area contributed by atoms with Gasteiger partial charge >= 0.3 is 0 Å². The number of aryl methyl sites for hydroxylation is 1. The summed E-state index contributed by atoms with van der Waals surface area (Å²) in [4.78, 5) is 69.8. The molecule has 0 bridgehead atoms.